The Labute approximate surface area is 108 Å². The zero-order valence-corrected chi connectivity index (χ0v) is 10.5. The molecule has 1 amide bonds. The Morgan fingerprint density at radius 1 is 1.44 bits per heavy atom. The van der Waals surface area contributed by atoms with Gasteiger partial charge in [-0.2, -0.15) is 0 Å². The molecule has 0 saturated carbocycles. The first kappa shape index (κ1) is 14.1. The van der Waals surface area contributed by atoms with Crippen molar-refractivity contribution in [3.05, 3.63) is 22.7 Å². The Morgan fingerprint density at radius 3 is 2.50 bits per heavy atom. The van der Waals surface area contributed by atoms with Gasteiger partial charge in [-0.25, -0.2) is 4.79 Å². The van der Waals surface area contributed by atoms with Crippen LogP contribution in [-0.4, -0.2) is 30.2 Å². The number of methoxy groups -OCH3 is 1. The van der Waals surface area contributed by atoms with Crippen molar-refractivity contribution < 1.29 is 24.2 Å². The minimum Gasteiger partial charge on any atom is -0.493 e. The van der Waals surface area contributed by atoms with Crippen LogP contribution in [0.4, 0.5) is 0 Å². The van der Waals surface area contributed by atoms with Crippen LogP contribution in [0.3, 0.4) is 0 Å². The van der Waals surface area contributed by atoms with E-state index in [1.807, 2.05) is 0 Å². The minimum atomic E-state index is -1.25. The molecule has 0 aromatic heterocycles. The Bertz CT molecular complexity index is 489. The van der Waals surface area contributed by atoms with Gasteiger partial charge in [0.05, 0.1) is 7.11 Å². The van der Waals surface area contributed by atoms with Gasteiger partial charge in [-0.3, -0.25) is 4.79 Å². The van der Waals surface area contributed by atoms with E-state index in [4.69, 9.17) is 31.9 Å². The number of hydrogen-bond acceptors (Lipinski definition) is 4. The van der Waals surface area contributed by atoms with Gasteiger partial charge in [0.25, 0.3) is 5.91 Å². The van der Waals surface area contributed by atoms with Crippen LogP contribution in [0.25, 0.3) is 0 Å². The number of carbonyl (C=O) groups excluding carboxylic acids is 1. The molecule has 0 bridgehead atoms. The number of nitrogens with two attached hydrogens (primary N) is 1. The third kappa shape index (κ3) is 3.04. The van der Waals surface area contributed by atoms with E-state index in [1.165, 1.54) is 26.2 Å². The van der Waals surface area contributed by atoms with E-state index in [9.17, 15) is 9.59 Å². The number of amides is 1. The SMILES string of the molecule is COc1cc(Cl)cc(C(=O)O)c1OC(C)C(N)=O. The van der Waals surface area contributed by atoms with Crippen molar-refractivity contribution in [2.75, 3.05) is 7.11 Å². The molecular formula is C11H12ClNO5. The van der Waals surface area contributed by atoms with Crippen molar-refractivity contribution in [1.29, 1.82) is 0 Å². The van der Waals surface area contributed by atoms with E-state index in [-0.39, 0.29) is 22.1 Å². The van der Waals surface area contributed by atoms with E-state index in [2.05, 4.69) is 0 Å². The lowest BCUT2D eigenvalue weighted by Crippen LogP contribution is -2.31. The second-order valence-corrected chi connectivity index (χ2v) is 3.89. The van der Waals surface area contributed by atoms with Gasteiger partial charge in [0.1, 0.15) is 5.56 Å². The maximum atomic E-state index is 11.1. The van der Waals surface area contributed by atoms with Gasteiger partial charge in [-0.1, -0.05) is 11.6 Å². The molecule has 98 valence electrons. The minimum absolute atomic E-state index is 0.0827. The van der Waals surface area contributed by atoms with Gasteiger partial charge in [0.15, 0.2) is 17.6 Å². The van der Waals surface area contributed by atoms with Crippen LogP contribution in [0.15, 0.2) is 12.1 Å². The van der Waals surface area contributed by atoms with Crippen molar-refractivity contribution in [1.82, 2.24) is 0 Å². The highest BCUT2D eigenvalue weighted by Gasteiger charge is 2.22. The fourth-order valence-electron chi connectivity index (χ4n) is 1.24. The zero-order valence-electron chi connectivity index (χ0n) is 9.77. The normalized spacial score (nSPS) is 11.7. The smallest absolute Gasteiger partial charge is 0.339 e. The van der Waals surface area contributed by atoms with Crippen molar-refractivity contribution in [2.24, 2.45) is 5.73 Å². The van der Waals surface area contributed by atoms with Gasteiger partial charge in [-0.15, -0.1) is 0 Å². The standard InChI is InChI=1S/C11H12ClNO5/c1-5(10(13)14)18-9-7(11(15)16)3-6(12)4-8(9)17-2/h3-5H,1-2H3,(H2,13,14)(H,15,16). The highest BCUT2D eigenvalue weighted by molar-refractivity contribution is 6.31. The van der Waals surface area contributed by atoms with Crippen molar-refractivity contribution in [2.45, 2.75) is 13.0 Å². The predicted octanol–water partition coefficient (Wildman–Crippen LogP) is 1.30. The molecule has 1 unspecified atom stereocenters. The molecule has 1 atom stereocenters. The third-order valence-electron chi connectivity index (χ3n) is 2.17. The van der Waals surface area contributed by atoms with Crippen molar-refractivity contribution >= 4 is 23.5 Å². The molecule has 18 heavy (non-hydrogen) atoms. The summed E-state index contributed by atoms with van der Waals surface area (Å²) in [6, 6.07) is 2.59. The quantitative estimate of drug-likeness (QED) is 0.842. The highest BCUT2D eigenvalue weighted by Crippen LogP contribution is 2.35. The Kier molecular flexibility index (Phi) is 4.38. The molecular weight excluding hydrogens is 262 g/mol. The van der Waals surface area contributed by atoms with Gasteiger partial charge < -0.3 is 20.3 Å². The summed E-state index contributed by atoms with van der Waals surface area (Å²) >= 11 is 5.75. The number of primary amides is 1. The molecule has 0 heterocycles. The monoisotopic (exact) mass is 273 g/mol. The topological polar surface area (TPSA) is 98.8 Å². The van der Waals surface area contributed by atoms with Gasteiger partial charge in [0, 0.05) is 11.1 Å². The maximum absolute atomic E-state index is 11.1. The second kappa shape index (κ2) is 5.59. The number of carboxylic acid groups (broad SMARTS) is 1. The average Bonchev–Trinajstić information content (AvgIpc) is 2.29. The average molecular weight is 274 g/mol. The maximum Gasteiger partial charge on any atom is 0.339 e. The molecule has 0 aliphatic rings. The van der Waals surface area contributed by atoms with E-state index < -0.39 is 18.0 Å². The molecule has 1 aromatic carbocycles. The number of ether oxygens (including phenoxy) is 2. The summed E-state index contributed by atoms with van der Waals surface area (Å²) < 4.78 is 10.2. The lowest BCUT2D eigenvalue weighted by molar-refractivity contribution is -0.124. The van der Waals surface area contributed by atoms with Gasteiger partial charge in [-0.05, 0) is 13.0 Å². The molecule has 0 spiro atoms. The first-order valence-electron chi connectivity index (χ1n) is 4.93. The van der Waals surface area contributed by atoms with Gasteiger partial charge >= 0.3 is 5.97 Å². The van der Waals surface area contributed by atoms with E-state index in [1.54, 1.807) is 0 Å². The highest BCUT2D eigenvalue weighted by atomic mass is 35.5. The molecule has 0 radical (unpaired) electrons. The van der Waals surface area contributed by atoms with Crippen LogP contribution in [0.5, 0.6) is 11.5 Å². The number of hydrogen-bond donors (Lipinski definition) is 2. The summed E-state index contributed by atoms with van der Waals surface area (Å²) in [5.74, 6) is -1.93. The van der Waals surface area contributed by atoms with Crippen LogP contribution in [0, 0.1) is 0 Å². The molecule has 1 aromatic rings. The second-order valence-electron chi connectivity index (χ2n) is 3.45. The van der Waals surface area contributed by atoms with Crippen LogP contribution in [0.1, 0.15) is 17.3 Å². The molecule has 0 aliphatic heterocycles. The zero-order chi connectivity index (χ0) is 13.9. The molecule has 6 nitrogen and oxygen atoms in total. The van der Waals surface area contributed by atoms with E-state index in [0.29, 0.717) is 0 Å². The Balaban J connectivity index is 3.29. The van der Waals surface area contributed by atoms with Crippen molar-refractivity contribution in [3.63, 3.8) is 0 Å². The fraction of sp³-hybridized carbons (Fsp3) is 0.273. The molecule has 3 N–H and O–H groups in total. The Morgan fingerprint density at radius 2 is 2.06 bits per heavy atom. The first-order valence-corrected chi connectivity index (χ1v) is 5.31. The number of halogens is 1. The molecule has 0 aliphatic carbocycles. The third-order valence-corrected chi connectivity index (χ3v) is 2.38. The van der Waals surface area contributed by atoms with Gasteiger partial charge in [0.2, 0.25) is 0 Å². The lowest BCUT2D eigenvalue weighted by Gasteiger charge is -2.16. The van der Waals surface area contributed by atoms with E-state index in [0.717, 1.165) is 0 Å². The summed E-state index contributed by atoms with van der Waals surface area (Å²) in [5, 5.41) is 9.23. The largest absolute Gasteiger partial charge is 0.493 e. The molecule has 0 fully saturated rings. The predicted molar refractivity (Wildman–Crippen MR) is 64.2 cm³/mol. The first-order chi connectivity index (χ1) is 8.36. The molecule has 7 heteroatoms. The summed E-state index contributed by atoms with van der Waals surface area (Å²) in [7, 11) is 1.33. The summed E-state index contributed by atoms with van der Waals surface area (Å²) in [4.78, 5) is 22.0. The van der Waals surface area contributed by atoms with Crippen LogP contribution in [0.2, 0.25) is 5.02 Å². The number of carbonyl (C=O) groups is 2. The molecule has 1 rings (SSSR count). The van der Waals surface area contributed by atoms with Crippen LogP contribution < -0.4 is 15.2 Å². The lowest BCUT2D eigenvalue weighted by atomic mass is 10.2. The van der Waals surface area contributed by atoms with E-state index >= 15 is 0 Å². The summed E-state index contributed by atoms with van der Waals surface area (Å²) in [5.41, 5.74) is 4.85. The van der Waals surface area contributed by atoms with Crippen LogP contribution >= 0.6 is 11.6 Å². The van der Waals surface area contributed by atoms with Crippen LogP contribution in [-0.2, 0) is 4.79 Å². The molecule has 0 saturated heterocycles. The Hall–Kier alpha value is -1.95. The number of aromatic carboxylic acids is 1. The summed E-state index contributed by atoms with van der Waals surface area (Å²) in [6.45, 7) is 1.40. The fourth-order valence-corrected chi connectivity index (χ4v) is 1.44. The van der Waals surface area contributed by atoms with Crippen molar-refractivity contribution in [3.8, 4) is 11.5 Å². The number of carboxylic acids is 1. The number of rotatable bonds is 5. The number of benzene rings is 1. The summed E-state index contributed by atoms with van der Waals surface area (Å²) in [6.07, 6.45) is -0.988.